The van der Waals surface area contributed by atoms with E-state index in [4.69, 9.17) is 9.47 Å². The zero-order chi connectivity index (χ0) is 21.4. The van der Waals surface area contributed by atoms with Crippen LogP contribution in [0.25, 0.3) is 0 Å². The number of ether oxygens (including phenoxy) is 2. The topological polar surface area (TPSA) is 67.9 Å². The molecule has 2 amide bonds. The fourth-order valence-electron chi connectivity index (χ4n) is 2.67. The van der Waals surface area contributed by atoms with Gasteiger partial charge in [0, 0.05) is 12.6 Å². The van der Waals surface area contributed by atoms with Crippen molar-refractivity contribution in [3.63, 3.8) is 0 Å². The first-order valence-electron chi connectivity index (χ1n) is 9.41. The molecule has 0 fully saturated rings. The van der Waals surface area contributed by atoms with Gasteiger partial charge in [-0.2, -0.15) is 0 Å². The quantitative estimate of drug-likeness (QED) is 0.700. The molecule has 0 aliphatic rings. The van der Waals surface area contributed by atoms with Crippen molar-refractivity contribution in [1.82, 2.24) is 10.2 Å². The van der Waals surface area contributed by atoms with Crippen LogP contribution in [0.5, 0.6) is 11.5 Å². The van der Waals surface area contributed by atoms with E-state index in [0.29, 0.717) is 17.1 Å². The largest absolute Gasteiger partial charge is 0.497 e. The number of benzene rings is 2. The van der Waals surface area contributed by atoms with Crippen LogP contribution in [0.1, 0.15) is 26.3 Å². The minimum Gasteiger partial charge on any atom is -0.497 e. The normalized spacial score (nSPS) is 11.7. The molecule has 29 heavy (non-hydrogen) atoms. The highest BCUT2D eigenvalue weighted by atomic mass is 19.1. The lowest BCUT2D eigenvalue weighted by atomic mass is 10.1. The van der Waals surface area contributed by atoms with Crippen LogP contribution in [0.4, 0.5) is 4.39 Å². The standard InChI is InChI=1S/C22H27FN2O4/c1-15(2)24-22(27)16(3)25(13-17-5-7-18(23)8-6-17)21(26)14-29-20-11-9-19(28-4)10-12-20/h5-12,15-16H,13-14H2,1-4H3,(H,24,27). The van der Waals surface area contributed by atoms with Crippen LogP contribution in [-0.2, 0) is 16.1 Å². The van der Waals surface area contributed by atoms with Gasteiger partial charge in [-0.3, -0.25) is 9.59 Å². The maximum absolute atomic E-state index is 13.2. The Morgan fingerprint density at radius 2 is 1.59 bits per heavy atom. The van der Waals surface area contributed by atoms with E-state index < -0.39 is 6.04 Å². The van der Waals surface area contributed by atoms with Crippen LogP contribution in [0, 0.1) is 5.82 Å². The SMILES string of the molecule is COc1ccc(OCC(=O)N(Cc2ccc(F)cc2)C(C)C(=O)NC(C)C)cc1. The number of nitrogens with one attached hydrogen (secondary N) is 1. The summed E-state index contributed by atoms with van der Waals surface area (Å²) in [4.78, 5) is 26.8. The Balaban J connectivity index is 2.11. The predicted octanol–water partition coefficient (Wildman–Crippen LogP) is 3.16. The number of carbonyl (C=O) groups excluding carboxylic acids is 2. The fraction of sp³-hybridized carbons (Fsp3) is 0.364. The lowest BCUT2D eigenvalue weighted by Crippen LogP contribution is -2.50. The minimum atomic E-state index is -0.713. The summed E-state index contributed by atoms with van der Waals surface area (Å²) in [6.45, 7) is 5.30. The summed E-state index contributed by atoms with van der Waals surface area (Å²) in [7, 11) is 1.57. The van der Waals surface area contributed by atoms with Crippen molar-refractivity contribution < 1.29 is 23.5 Å². The molecular weight excluding hydrogens is 375 g/mol. The van der Waals surface area contributed by atoms with E-state index in [1.165, 1.54) is 17.0 Å². The molecule has 0 aromatic heterocycles. The minimum absolute atomic E-state index is 0.0525. The lowest BCUT2D eigenvalue weighted by molar-refractivity contribution is -0.142. The average molecular weight is 402 g/mol. The number of amides is 2. The van der Waals surface area contributed by atoms with E-state index in [-0.39, 0.29) is 36.8 Å². The third kappa shape index (κ3) is 6.78. The number of rotatable bonds is 9. The molecule has 1 N–H and O–H groups in total. The summed E-state index contributed by atoms with van der Waals surface area (Å²) in [5.74, 6) is 0.220. The molecule has 0 saturated heterocycles. The lowest BCUT2D eigenvalue weighted by Gasteiger charge is -2.29. The van der Waals surface area contributed by atoms with Crippen molar-refractivity contribution in [2.75, 3.05) is 13.7 Å². The fourth-order valence-corrected chi connectivity index (χ4v) is 2.67. The third-order valence-electron chi connectivity index (χ3n) is 4.29. The maximum atomic E-state index is 13.2. The summed E-state index contributed by atoms with van der Waals surface area (Å²) < 4.78 is 23.9. The molecule has 1 atom stereocenters. The van der Waals surface area contributed by atoms with E-state index in [2.05, 4.69) is 5.32 Å². The Morgan fingerprint density at radius 3 is 2.14 bits per heavy atom. The Hall–Kier alpha value is -3.09. The molecule has 156 valence electrons. The molecule has 6 nitrogen and oxygen atoms in total. The summed E-state index contributed by atoms with van der Waals surface area (Å²) in [5, 5.41) is 2.81. The van der Waals surface area contributed by atoms with Crippen LogP contribution in [-0.4, -0.2) is 42.5 Å². The van der Waals surface area contributed by atoms with E-state index in [1.54, 1.807) is 50.4 Å². The zero-order valence-electron chi connectivity index (χ0n) is 17.1. The van der Waals surface area contributed by atoms with E-state index in [1.807, 2.05) is 13.8 Å². The summed E-state index contributed by atoms with van der Waals surface area (Å²) >= 11 is 0. The molecule has 1 unspecified atom stereocenters. The van der Waals surface area contributed by atoms with E-state index >= 15 is 0 Å². The van der Waals surface area contributed by atoms with Crippen LogP contribution in [0.2, 0.25) is 0 Å². The van der Waals surface area contributed by atoms with Crippen LogP contribution < -0.4 is 14.8 Å². The monoisotopic (exact) mass is 402 g/mol. The van der Waals surface area contributed by atoms with Gasteiger partial charge >= 0.3 is 0 Å². The molecule has 2 aromatic rings. The number of halogens is 1. The molecule has 0 bridgehead atoms. The molecule has 0 saturated carbocycles. The first kappa shape index (κ1) is 22.2. The van der Waals surface area contributed by atoms with Crippen molar-refractivity contribution >= 4 is 11.8 Å². The highest BCUT2D eigenvalue weighted by molar-refractivity contribution is 5.88. The summed E-state index contributed by atoms with van der Waals surface area (Å²) in [6, 6.07) is 11.9. The second-order valence-corrected chi connectivity index (χ2v) is 6.95. The smallest absolute Gasteiger partial charge is 0.261 e. The van der Waals surface area contributed by atoms with E-state index in [0.717, 1.165) is 0 Å². The molecular formula is C22H27FN2O4. The van der Waals surface area contributed by atoms with Gasteiger partial charge < -0.3 is 19.7 Å². The van der Waals surface area contributed by atoms with Gasteiger partial charge in [0.1, 0.15) is 23.4 Å². The van der Waals surface area contributed by atoms with Gasteiger partial charge in [-0.1, -0.05) is 12.1 Å². The first-order chi connectivity index (χ1) is 13.8. The van der Waals surface area contributed by atoms with Gasteiger partial charge in [-0.15, -0.1) is 0 Å². The average Bonchev–Trinajstić information content (AvgIpc) is 2.71. The van der Waals surface area contributed by atoms with Gasteiger partial charge in [-0.05, 0) is 62.7 Å². The first-order valence-corrected chi connectivity index (χ1v) is 9.41. The van der Waals surface area contributed by atoms with Crippen molar-refractivity contribution in [3.8, 4) is 11.5 Å². The van der Waals surface area contributed by atoms with Crippen molar-refractivity contribution in [1.29, 1.82) is 0 Å². The molecule has 7 heteroatoms. The van der Waals surface area contributed by atoms with Crippen molar-refractivity contribution in [2.24, 2.45) is 0 Å². The zero-order valence-corrected chi connectivity index (χ0v) is 17.1. The molecule has 2 rings (SSSR count). The van der Waals surface area contributed by atoms with Crippen molar-refractivity contribution in [2.45, 2.75) is 39.4 Å². The molecule has 0 radical (unpaired) electrons. The van der Waals surface area contributed by atoms with Crippen molar-refractivity contribution in [3.05, 3.63) is 59.9 Å². The molecule has 0 aliphatic heterocycles. The Morgan fingerprint density at radius 1 is 1.00 bits per heavy atom. The Bertz CT molecular complexity index is 807. The predicted molar refractivity (Wildman–Crippen MR) is 108 cm³/mol. The molecule has 0 spiro atoms. The van der Waals surface area contributed by atoms with Gasteiger partial charge in [0.2, 0.25) is 5.91 Å². The van der Waals surface area contributed by atoms with Gasteiger partial charge in [0.25, 0.3) is 5.91 Å². The number of carbonyl (C=O) groups is 2. The third-order valence-corrected chi connectivity index (χ3v) is 4.29. The second kappa shape index (κ2) is 10.5. The summed E-state index contributed by atoms with van der Waals surface area (Å²) in [5.41, 5.74) is 0.716. The number of hydrogen-bond donors (Lipinski definition) is 1. The van der Waals surface area contributed by atoms with Crippen LogP contribution in [0.15, 0.2) is 48.5 Å². The van der Waals surface area contributed by atoms with Gasteiger partial charge in [0.15, 0.2) is 6.61 Å². The number of hydrogen-bond acceptors (Lipinski definition) is 4. The van der Waals surface area contributed by atoms with Gasteiger partial charge in [-0.25, -0.2) is 4.39 Å². The van der Waals surface area contributed by atoms with Crippen LogP contribution in [0.3, 0.4) is 0 Å². The highest BCUT2D eigenvalue weighted by Gasteiger charge is 2.26. The second-order valence-electron chi connectivity index (χ2n) is 6.95. The Labute approximate surface area is 170 Å². The molecule has 0 heterocycles. The maximum Gasteiger partial charge on any atom is 0.261 e. The van der Waals surface area contributed by atoms with Crippen LogP contribution >= 0.6 is 0 Å². The Kier molecular flexibility index (Phi) is 8.00. The molecule has 0 aliphatic carbocycles. The summed E-state index contributed by atoms with van der Waals surface area (Å²) in [6.07, 6.45) is 0. The highest BCUT2D eigenvalue weighted by Crippen LogP contribution is 2.18. The number of methoxy groups -OCH3 is 1. The van der Waals surface area contributed by atoms with E-state index in [9.17, 15) is 14.0 Å². The number of nitrogens with zero attached hydrogens (tertiary/aromatic N) is 1. The molecule has 2 aromatic carbocycles. The van der Waals surface area contributed by atoms with Gasteiger partial charge in [0.05, 0.1) is 7.11 Å².